The number of anilines is 1. The zero-order valence-corrected chi connectivity index (χ0v) is 55.9. The van der Waals surface area contributed by atoms with Crippen LogP contribution in [0.1, 0.15) is 88.6 Å². The number of pyridine rings is 2. The van der Waals surface area contributed by atoms with E-state index in [1.807, 2.05) is 24.3 Å². The van der Waals surface area contributed by atoms with E-state index in [-0.39, 0.29) is 99.2 Å². The Kier molecular flexibility index (Phi) is 30.5. The Bertz CT molecular complexity index is 3330. The van der Waals surface area contributed by atoms with Crippen LogP contribution < -0.4 is 26.7 Å². The van der Waals surface area contributed by atoms with Crippen molar-refractivity contribution in [2.75, 3.05) is 124 Å². The SMILES string of the molecule is CC[C@@]1(O)C(=O)OCc2c1cc1n(c2=O)Cc2c-1nc1ccccc1c2CCN(C(=O)OCc1ccc(NC(=O)[C@H](C)CC(=O)[C@@H](NC(=O)CCOCCOCCOCCOCCOCCOCCOCCOCCN)C(C)C)c(O[C@@H]2O[C@H](C(=O)O)[C@@H](O)[C@H](O)[C@H]2O)c1)C(C)C. The van der Waals surface area contributed by atoms with Crippen molar-refractivity contribution in [1.29, 1.82) is 0 Å². The van der Waals surface area contributed by atoms with Gasteiger partial charge in [0.05, 0.1) is 146 Å². The minimum Gasteiger partial charge on any atom is -0.479 e. The molecule has 0 aliphatic carbocycles. The Morgan fingerprint density at radius 3 is 1.92 bits per heavy atom. The second-order valence-electron chi connectivity index (χ2n) is 24.1. The number of fused-ring (bicyclic) bond motifs is 5. The lowest BCUT2D eigenvalue weighted by Gasteiger charge is -2.38. The zero-order valence-electron chi connectivity index (χ0n) is 55.9. The van der Waals surface area contributed by atoms with Crippen LogP contribution in [0.5, 0.6) is 5.75 Å². The van der Waals surface area contributed by atoms with Crippen molar-refractivity contribution in [3.63, 3.8) is 0 Å². The lowest BCUT2D eigenvalue weighted by Crippen LogP contribution is -2.61. The predicted molar refractivity (Wildman–Crippen MR) is 346 cm³/mol. The third kappa shape index (κ3) is 21.2. The van der Waals surface area contributed by atoms with Gasteiger partial charge in [0.25, 0.3) is 5.56 Å². The van der Waals surface area contributed by atoms with Crippen LogP contribution in [0.2, 0.25) is 0 Å². The van der Waals surface area contributed by atoms with Crippen LogP contribution in [0.3, 0.4) is 0 Å². The molecular weight excluding hydrogens is 1270 g/mol. The van der Waals surface area contributed by atoms with Gasteiger partial charge in [-0.3, -0.25) is 19.2 Å². The number of aliphatic hydroxyl groups is 4. The molecule has 3 aliphatic rings. The highest BCUT2D eigenvalue weighted by Gasteiger charge is 2.49. The van der Waals surface area contributed by atoms with Gasteiger partial charge in [-0.1, -0.05) is 52.0 Å². The van der Waals surface area contributed by atoms with Crippen molar-refractivity contribution in [3.8, 4) is 17.1 Å². The van der Waals surface area contributed by atoms with Crippen LogP contribution in [0.25, 0.3) is 22.3 Å². The monoisotopic (exact) mass is 1370 g/mol. The number of carbonyl (C=O) groups excluding carboxylic acids is 5. The van der Waals surface area contributed by atoms with Crippen molar-refractivity contribution in [3.05, 3.63) is 86.7 Å². The maximum absolute atomic E-state index is 14.1. The normalized spacial score (nSPS) is 19.4. The van der Waals surface area contributed by atoms with Gasteiger partial charge in [0.2, 0.25) is 18.1 Å². The third-order valence-electron chi connectivity index (χ3n) is 16.5. The molecule has 0 bridgehead atoms. The largest absolute Gasteiger partial charge is 0.479 e. The number of aliphatic hydroxyl groups excluding tert-OH is 3. The highest BCUT2D eigenvalue weighted by molar-refractivity contribution is 5.98. The lowest BCUT2D eigenvalue weighted by molar-refractivity contribution is -0.271. The maximum Gasteiger partial charge on any atom is 0.410 e. The fourth-order valence-corrected chi connectivity index (χ4v) is 11.1. The molecule has 2 aromatic heterocycles. The van der Waals surface area contributed by atoms with E-state index in [1.54, 1.807) is 45.3 Å². The first-order valence-corrected chi connectivity index (χ1v) is 32.8. The number of carboxylic acids is 1. The van der Waals surface area contributed by atoms with Crippen molar-refractivity contribution in [2.24, 2.45) is 17.6 Å². The number of rotatable bonds is 43. The van der Waals surface area contributed by atoms with E-state index in [0.717, 1.165) is 16.5 Å². The first-order valence-electron chi connectivity index (χ1n) is 32.8. The summed E-state index contributed by atoms with van der Waals surface area (Å²) in [7, 11) is 0. The van der Waals surface area contributed by atoms with Gasteiger partial charge in [-0.25, -0.2) is 19.4 Å². The van der Waals surface area contributed by atoms with Gasteiger partial charge in [-0.2, -0.15) is 0 Å². The number of amides is 3. The molecule has 9 N–H and O–H groups in total. The molecule has 8 atom stereocenters. The molecule has 30 nitrogen and oxygen atoms in total. The van der Waals surface area contributed by atoms with Crippen molar-refractivity contribution in [1.82, 2.24) is 19.8 Å². The number of hydrogen-bond donors (Lipinski definition) is 8. The molecule has 7 rings (SSSR count). The number of ketones is 1. The molecule has 3 aliphatic heterocycles. The molecule has 536 valence electrons. The quantitative estimate of drug-likeness (QED) is 0.0205. The molecule has 30 heteroatoms. The molecule has 4 aromatic rings. The third-order valence-corrected chi connectivity index (χ3v) is 16.5. The molecule has 0 saturated carbocycles. The molecular formula is C67H94N6O24. The second kappa shape index (κ2) is 38.3. The predicted octanol–water partition coefficient (Wildman–Crippen LogP) is 2.10. The van der Waals surface area contributed by atoms with Crippen LogP contribution in [-0.4, -0.2) is 237 Å². The topological polar surface area (TPSA) is 403 Å². The zero-order chi connectivity index (χ0) is 70.2. The van der Waals surface area contributed by atoms with Crippen molar-refractivity contribution < 1.29 is 111 Å². The Morgan fingerprint density at radius 2 is 1.35 bits per heavy atom. The summed E-state index contributed by atoms with van der Waals surface area (Å²) in [6, 6.07) is 11.9. The molecule has 0 unspecified atom stereocenters. The maximum atomic E-state index is 14.1. The summed E-state index contributed by atoms with van der Waals surface area (Å²) in [5.74, 6) is -5.71. The summed E-state index contributed by atoms with van der Waals surface area (Å²) in [4.78, 5) is 100. The molecule has 0 radical (unpaired) electrons. The number of carbonyl (C=O) groups is 6. The number of aliphatic carboxylic acids is 1. The number of cyclic esters (lactones) is 1. The fourth-order valence-electron chi connectivity index (χ4n) is 11.1. The van der Waals surface area contributed by atoms with Crippen LogP contribution in [0.15, 0.2) is 53.3 Å². The minimum absolute atomic E-state index is 0.0232. The Hall–Kier alpha value is -7.14. The Labute approximate surface area is 562 Å². The number of Topliss-reactive ketones (excluding diaryl/α,β-unsaturated/α-hetero) is 1. The van der Waals surface area contributed by atoms with Crippen LogP contribution in [-0.2, 0) is 108 Å². The molecule has 0 spiro atoms. The number of hydrogen-bond acceptors (Lipinski definition) is 25. The van der Waals surface area contributed by atoms with Crippen molar-refractivity contribution >= 4 is 52.2 Å². The van der Waals surface area contributed by atoms with E-state index >= 15 is 0 Å². The number of para-hydroxylation sites is 1. The second-order valence-corrected chi connectivity index (χ2v) is 24.1. The number of nitrogens with one attached hydrogen (secondary N) is 2. The summed E-state index contributed by atoms with van der Waals surface area (Å²) >= 11 is 0. The van der Waals surface area contributed by atoms with Gasteiger partial charge in [0.15, 0.2) is 17.5 Å². The number of nitrogens with zero attached hydrogens (tertiary/aromatic N) is 3. The average molecular weight is 1370 g/mol. The van der Waals surface area contributed by atoms with Gasteiger partial charge >= 0.3 is 18.0 Å². The van der Waals surface area contributed by atoms with E-state index in [9.17, 15) is 59.1 Å². The summed E-state index contributed by atoms with van der Waals surface area (Å²) in [5.41, 5.74) is 6.55. The molecule has 5 heterocycles. The van der Waals surface area contributed by atoms with E-state index in [4.69, 9.17) is 67.6 Å². The number of carboxylic acid groups (broad SMARTS) is 1. The molecule has 1 saturated heterocycles. The minimum atomic E-state index is -2.05. The van der Waals surface area contributed by atoms with Gasteiger partial charge < -0.3 is 108 Å². The smallest absolute Gasteiger partial charge is 0.410 e. The molecule has 3 amide bonds. The molecule has 97 heavy (non-hydrogen) atoms. The Balaban J connectivity index is 0.882. The summed E-state index contributed by atoms with van der Waals surface area (Å²) in [5, 5.41) is 59.5. The summed E-state index contributed by atoms with van der Waals surface area (Å²) in [6.07, 6.45) is -10.9. The Morgan fingerprint density at radius 1 is 0.763 bits per heavy atom. The highest BCUT2D eigenvalue weighted by Crippen LogP contribution is 2.41. The highest BCUT2D eigenvalue weighted by atomic mass is 16.7. The van der Waals surface area contributed by atoms with Crippen LogP contribution >= 0.6 is 0 Å². The van der Waals surface area contributed by atoms with Gasteiger partial charge in [0.1, 0.15) is 37.3 Å². The number of nitrogens with two attached hydrogens (primary N) is 1. The number of aromatic nitrogens is 2. The first kappa shape index (κ1) is 77.2. The standard InChI is InChI=1S/C67H94N6O24/c1-7-67(85)48-36-51-56-46(37-73(51)62(80)47(48)39-94-65(67)83)44(45-10-8-9-11-49(45)69-56)14-17-72(41(4)5)66(84)95-38-43-12-13-50(53(35-43)96-64-59(78)57(76)58(77)60(97-64)63(81)82)70-61(79)42(6)34-52(74)55(40(2)3)71-54(75)15-18-86-20-22-88-24-26-90-28-30-92-32-33-93-31-29-91-27-25-89-23-21-87-19-16-68/h8-13,35-36,40-42,55,57-60,64,76-78,85H,7,14-34,37-39,68H2,1-6H3,(H,70,79)(H,71,75)(H,81,82)/t42-,55+,57+,58+,59-,60+,64-,67+/m1/s1. The lowest BCUT2D eigenvalue weighted by atomic mass is 9.86. The summed E-state index contributed by atoms with van der Waals surface area (Å²) < 4.78 is 67.7. The van der Waals surface area contributed by atoms with E-state index in [1.165, 1.54) is 30.0 Å². The molecule has 2 aromatic carbocycles. The molecule has 1 fully saturated rings. The average Bonchev–Trinajstić information content (AvgIpc) is 1.58. The van der Waals surface area contributed by atoms with E-state index in [2.05, 4.69) is 10.6 Å². The first-order chi connectivity index (χ1) is 46.6. The number of ether oxygens (including phenoxy) is 12. The van der Waals surface area contributed by atoms with Crippen LogP contribution in [0.4, 0.5) is 10.5 Å². The van der Waals surface area contributed by atoms with Gasteiger partial charge in [-0.05, 0) is 68.0 Å². The number of benzene rings is 2. The van der Waals surface area contributed by atoms with E-state index < -0.39 is 102 Å². The van der Waals surface area contributed by atoms with Gasteiger partial charge in [-0.15, -0.1) is 0 Å². The van der Waals surface area contributed by atoms with Crippen molar-refractivity contribution in [2.45, 2.75) is 135 Å². The van der Waals surface area contributed by atoms with Crippen LogP contribution in [0, 0.1) is 11.8 Å². The van der Waals surface area contributed by atoms with E-state index in [0.29, 0.717) is 109 Å². The number of esters is 1. The summed E-state index contributed by atoms with van der Waals surface area (Å²) in [6.45, 7) is 16.4. The fraction of sp³-hybridized carbons (Fsp3) is 0.612. The van der Waals surface area contributed by atoms with Gasteiger partial charge in [0, 0.05) is 54.4 Å².